The Balaban J connectivity index is 2.68. The predicted octanol–water partition coefficient (Wildman–Crippen LogP) is 4.46. The molecule has 3 heteroatoms. The SMILES string of the molecule is CCCn1c(C(C)(C)C)nc(-c2cc(C)ccc2C)c1N. The van der Waals surface area contributed by atoms with E-state index in [2.05, 4.69) is 64.3 Å². The predicted molar refractivity (Wildman–Crippen MR) is 90.5 cm³/mol. The molecule has 0 amide bonds. The molecule has 0 radical (unpaired) electrons. The van der Waals surface area contributed by atoms with E-state index in [1.165, 1.54) is 11.1 Å². The third kappa shape index (κ3) is 2.97. The largest absolute Gasteiger partial charge is 0.383 e. The number of aromatic nitrogens is 2. The zero-order valence-electron chi connectivity index (χ0n) is 14.1. The number of nitrogen functional groups attached to an aromatic ring is 1. The minimum Gasteiger partial charge on any atom is -0.383 e. The van der Waals surface area contributed by atoms with Crippen LogP contribution in [0.1, 0.15) is 51.1 Å². The highest BCUT2D eigenvalue weighted by atomic mass is 15.1. The van der Waals surface area contributed by atoms with Crippen molar-refractivity contribution in [2.75, 3.05) is 5.73 Å². The molecule has 0 saturated heterocycles. The first kappa shape index (κ1) is 15.6. The van der Waals surface area contributed by atoms with Gasteiger partial charge in [-0.15, -0.1) is 0 Å². The van der Waals surface area contributed by atoms with Crippen molar-refractivity contribution in [2.45, 2.75) is 59.9 Å². The van der Waals surface area contributed by atoms with Crippen LogP contribution in [0, 0.1) is 13.8 Å². The lowest BCUT2D eigenvalue weighted by Gasteiger charge is -2.19. The summed E-state index contributed by atoms with van der Waals surface area (Å²) in [5.41, 5.74) is 10.9. The second kappa shape index (κ2) is 5.55. The summed E-state index contributed by atoms with van der Waals surface area (Å²) in [5.74, 6) is 1.85. The molecule has 0 spiro atoms. The molecule has 1 heterocycles. The van der Waals surface area contributed by atoms with E-state index < -0.39 is 0 Å². The van der Waals surface area contributed by atoms with Gasteiger partial charge in [-0.05, 0) is 31.9 Å². The smallest absolute Gasteiger partial charge is 0.131 e. The van der Waals surface area contributed by atoms with E-state index in [0.29, 0.717) is 0 Å². The van der Waals surface area contributed by atoms with Crippen molar-refractivity contribution in [3.8, 4) is 11.3 Å². The molecule has 0 atom stereocenters. The maximum absolute atomic E-state index is 6.44. The van der Waals surface area contributed by atoms with Gasteiger partial charge in [0.05, 0.1) is 0 Å². The topological polar surface area (TPSA) is 43.8 Å². The molecule has 1 aromatic heterocycles. The van der Waals surface area contributed by atoms with Crippen molar-refractivity contribution in [3.63, 3.8) is 0 Å². The molecule has 21 heavy (non-hydrogen) atoms. The molecule has 0 aliphatic rings. The third-order valence-corrected chi connectivity index (χ3v) is 3.77. The number of anilines is 1. The second-order valence-corrected chi connectivity index (χ2v) is 6.89. The van der Waals surface area contributed by atoms with Crippen molar-refractivity contribution in [1.82, 2.24) is 9.55 Å². The summed E-state index contributed by atoms with van der Waals surface area (Å²) >= 11 is 0. The van der Waals surface area contributed by atoms with Crippen LogP contribution in [0.5, 0.6) is 0 Å². The molecule has 0 aliphatic heterocycles. The summed E-state index contributed by atoms with van der Waals surface area (Å²) in [4.78, 5) is 4.91. The van der Waals surface area contributed by atoms with Gasteiger partial charge in [-0.1, -0.05) is 45.4 Å². The zero-order valence-corrected chi connectivity index (χ0v) is 14.1. The van der Waals surface area contributed by atoms with E-state index in [1.54, 1.807) is 0 Å². The van der Waals surface area contributed by atoms with Crippen LogP contribution in [0.15, 0.2) is 18.2 Å². The molecular formula is C18H27N3. The van der Waals surface area contributed by atoms with Gasteiger partial charge in [0.25, 0.3) is 0 Å². The molecule has 1 aromatic carbocycles. The fraction of sp³-hybridized carbons (Fsp3) is 0.500. The van der Waals surface area contributed by atoms with E-state index in [1.807, 2.05) is 0 Å². The van der Waals surface area contributed by atoms with Crippen LogP contribution in [-0.2, 0) is 12.0 Å². The van der Waals surface area contributed by atoms with Gasteiger partial charge in [-0.2, -0.15) is 0 Å². The first-order valence-electron chi connectivity index (χ1n) is 7.69. The lowest BCUT2D eigenvalue weighted by Crippen LogP contribution is -2.19. The van der Waals surface area contributed by atoms with Gasteiger partial charge in [-0.25, -0.2) is 4.98 Å². The highest BCUT2D eigenvalue weighted by molar-refractivity contribution is 5.74. The number of nitrogens with zero attached hydrogens (tertiary/aromatic N) is 2. The minimum absolute atomic E-state index is 0.0146. The van der Waals surface area contributed by atoms with Gasteiger partial charge in [0, 0.05) is 17.5 Å². The number of imidazole rings is 1. The molecule has 0 bridgehead atoms. The van der Waals surface area contributed by atoms with E-state index in [4.69, 9.17) is 10.7 Å². The minimum atomic E-state index is -0.0146. The Kier molecular flexibility index (Phi) is 4.13. The van der Waals surface area contributed by atoms with Crippen molar-refractivity contribution >= 4 is 5.82 Å². The number of hydrogen-bond acceptors (Lipinski definition) is 2. The Hall–Kier alpha value is -1.77. The van der Waals surface area contributed by atoms with Crippen LogP contribution >= 0.6 is 0 Å². The molecule has 2 N–H and O–H groups in total. The van der Waals surface area contributed by atoms with E-state index in [0.717, 1.165) is 35.9 Å². The number of benzene rings is 1. The molecule has 0 unspecified atom stereocenters. The van der Waals surface area contributed by atoms with Crippen LogP contribution < -0.4 is 5.73 Å². The quantitative estimate of drug-likeness (QED) is 0.905. The summed E-state index contributed by atoms with van der Waals surface area (Å²) in [5, 5.41) is 0. The van der Waals surface area contributed by atoms with Crippen molar-refractivity contribution in [1.29, 1.82) is 0 Å². The number of hydrogen-bond donors (Lipinski definition) is 1. The van der Waals surface area contributed by atoms with Gasteiger partial charge in [-0.3, -0.25) is 0 Å². The molecular weight excluding hydrogens is 258 g/mol. The van der Waals surface area contributed by atoms with Crippen LogP contribution in [0.4, 0.5) is 5.82 Å². The highest BCUT2D eigenvalue weighted by Gasteiger charge is 2.25. The normalized spacial score (nSPS) is 11.9. The summed E-state index contributed by atoms with van der Waals surface area (Å²) in [6, 6.07) is 6.44. The van der Waals surface area contributed by atoms with E-state index >= 15 is 0 Å². The first-order chi connectivity index (χ1) is 9.75. The molecule has 0 saturated carbocycles. The van der Waals surface area contributed by atoms with Crippen molar-refractivity contribution in [2.24, 2.45) is 0 Å². The molecule has 2 aromatic rings. The Labute approximate surface area is 128 Å². The lowest BCUT2D eigenvalue weighted by atomic mass is 9.95. The highest BCUT2D eigenvalue weighted by Crippen LogP contribution is 2.34. The maximum atomic E-state index is 6.44. The monoisotopic (exact) mass is 285 g/mol. The maximum Gasteiger partial charge on any atom is 0.131 e. The Morgan fingerprint density at radius 1 is 1.19 bits per heavy atom. The van der Waals surface area contributed by atoms with Crippen LogP contribution in [0.2, 0.25) is 0 Å². The van der Waals surface area contributed by atoms with E-state index in [9.17, 15) is 0 Å². The van der Waals surface area contributed by atoms with Crippen molar-refractivity contribution < 1.29 is 0 Å². The standard InChI is InChI=1S/C18H27N3/c1-7-10-21-16(19)15(20-17(21)18(4,5)6)14-11-12(2)8-9-13(14)3/h8-9,11H,7,10,19H2,1-6H3. The summed E-state index contributed by atoms with van der Waals surface area (Å²) in [6.07, 6.45) is 1.05. The first-order valence-corrected chi connectivity index (χ1v) is 7.69. The molecule has 0 aliphatic carbocycles. The average molecular weight is 285 g/mol. The lowest BCUT2D eigenvalue weighted by molar-refractivity contribution is 0.498. The summed E-state index contributed by atoms with van der Waals surface area (Å²) < 4.78 is 2.18. The number of rotatable bonds is 3. The van der Waals surface area contributed by atoms with Gasteiger partial charge in [0.1, 0.15) is 17.3 Å². The Morgan fingerprint density at radius 3 is 2.43 bits per heavy atom. The molecule has 114 valence electrons. The van der Waals surface area contributed by atoms with E-state index in [-0.39, 0.29) is 5.41 Å². The summed E-state index contributed by atoms with van der Waals surface area (Å²) in [7, 11) is 0. The number of aryl methyl sites for hydroxylation is 2. The fourth-order valence-electron chi connectivity index (χ4n) is 2.68. The summed E-state index contributed by atoms with van der Waals surface area (Å²) in [6.45, 7) is 13.9. The molecule has 2 rings (SSSR count). The Morgan fingerprint density at radius 2 is 1.86 bits per heavy atom. The van der Waals surface area contributed by atoms with Crippen LogP contribution in [0.25, 0.3) is 11.3 Å². The molecule has 3 nitrogen and oxygen atoms in total. The van der Waals surface area contributed by atoms with Gasteiger partial charge in [0.15, 0.2) is 0 Å². The van der Waals surface area contributed by atoms with Crippen molar-refractivity contribution in [3.05, 3.63) is 35.2 Å². The van der Waals surface area contributed by atoms with Gasteiger partial charge in [0.2, 0.25) is 0 Å². The second-order valence-electron chi connectivity index (χ2n) is 6.89. The molecule has 0 fully saturated rings. The fourth-order valence-corrected chi connectivity index (χ4v) is 2.68. The van der Waals surface area contributed by atoms with Crippen LogP contribution in [0.3, 0.4) is 0 Å². The van der Waals surface area contributed by atoms with Crippen LogP contribution in [-0.4, -0.2) is 9.55 Å². The van der Waals surface area contributed by atoms with Gasteiger partial charge >= 0.3 is 0 Å². The number of nitrogens with two attached hydrogens (primary N) is 1. The average Bonchev–Trinajstić information content (AvgIpc) is 2.71. The third-order valence-electron chi connectivity index (χ3n) is 3.77. The van der Waals surface area contributed by atoms with Gasteiger partial charge < -0.3 is 10.3 Å². The zero-order chi connectivity index (χ0) is 15.8. The Bertz CT molecular complexity index is 645.